The number of carbonyl (C=O) groups excluding carboxylic acids is 1. The highest BCUT2D eigenvalue weighted by Crippen LogP contribution is 2.38. The second-order valence-corrected chi connectivity index (χ2v) is 8.59. The molecule has 7 heteroatoms. The molecule has 4 aromatic rings. The number of amides is 1. The van der Waals surface area contributed by atoms with Crippen molar-refractivity contribution in [3.63, 3.8) is 0 Å². The largest absolute Gasteiger partial charge is 0.496 e. The van der Waals surface area contributed by atoms with Crippen LogP contribution in [0.4, 0.5) is 11.4 Å². The number of carbonyl (C=O) groups is 1. The summed E-state index contributed by atoms with van der Waals surface area (Å²) in [7, 11) is 1.58. The van der Waals surface area contributed by atoms with Gasteiger partial charge in [0, 0.05) is 46.5 Å². The maximum absolute atomic E-state index is 12.8. The molecule has 0 aliphatic rings. The third-order valence-electron chi connectivity index (χ3n) is 6.02. The Bertz CT molecular complexity index is 1500. The molecule has 1 N–H and O–H groups in total. The molecule has 0 aliphatic heterocycles. The van der Waals surface area contributed by atoms with Gasteiger partial charge in [0.25, 0.3) is 5.69 Å². The van der Waals surface area contributed by atoms with Crippen LogP contribution in [0.15, 0.2) is 65.3 Å². The van der Waals surface area contributed by atoms with E-state index in [2.05, 4.69) is 37.4 Å². The fourth-order valence-electron chi connectivity index (χ4n) is 4.20. The Morgan fingerprint density at radius 1 is 1.03 bits per heavy atom. The van der Waals surface area contributed by atoms with E-state index >= 15 is 0 Å². The summed E-state index contributed by atoms with van der Waals surface area (Å²) in [6, 6.07) is 14.4. The first-order valence-corrected chi connectivity index (χ1v) is 11.1. The maximum Gasteiger partial charge on any atom is 0.269 e. The van der Waals surface area contributed by atoms with Gasteiger partial charge in [-0.2, -0.15) is 0 Å². The number of hydrogen-bond acceptors (Lipinski definition) is 5. The third-order valence-corrected chi connectivity index (χ3v) is 6.02. The van der Waals surface area contributed by atoms with Crippen molar-refractivity contribution in [2.24, 2.45) is 0 Å². The average Bonchev–Trinajstić information content (AvgIpc) is 3.22. The van der Waals surface area contributed by atoms with Gasteiger partial charge in [0.05, 0.1) is 18.3 Å². The van der Waals surface area contributed by atoms with Gasteiger partial charge in [0.1, 0.15) is 11.3 Å². The van der Waals surface area contributed by atoms with Crippen molar-refractivity contribution < 1.29 is 18.9 Å². The molecular weight excluding hydrogens is 444 g/mol. The predicted octanol–water partition coefficient (Wildman–Crippen LogP) is 6.98. The lowest BCUT2D eigenvalue weighted by Gasteiger charge is -2.11. The molecule has 1 amide bonds. The second-order valence-electron chi connectivity index (χ2n) is 8.59. The number of furan rings is 1. The minimum Gasteiger partial charge on any atom is -0.496 e. The molecule has 1 aromatic heterocycles. The SMILES string of the molecule is COc1cc2occ(-c3ccc(C)cc3C)c2cc1/C(C)=C/C(=O)Nc1ccc([N+](=O)[O-])cc1C. The van der Waals surface area contributed by atoms with E-state index in [1.165, 1.54) is 29.8 Å². The smallest absolute Gasteiger partial charge is 0.269 e. The van der Waals surface area contributed by atoms with Gasteiger partial charge in [0.2, 0.25) is 5.91 Å². The van der Waals surface area contributed by atoms with E-state index in [-0.39, 0.29) is 11.6 Å². The lowest BCUT2D eigenvalue weighted by molar-refractivity contribution is -0.384. The Kier molecular flexibility index (Phi) is 6.42. The van der Waals surface area contributed by atoms with Crippen LogP contribution in [0.2, 0.25) is 0 Å². The van der Waals surface area contributed by atoms with Crippen LogP contribution >= 0.6 is 0 Å². The monoisotopic (exact) mass is 470 g/mol. The third kappa shape index (κ3) is 4.80. The molecule has 0 fully saturated rings. The Hall–Kier alpha value is -4.39. The summed E-state index contributed by atoms with van der Waals surface area (Å²) >= 11 is 0. The number of hydrogen-bond donors (Lipinski definition) is 1. The quantitative estimate of drug-likeness (QED) is 0.186. The predicted molar refractivity (Wildman–Crippen MR) is 138 cm³/mol. The summed E-state index contributed by atoms with van der Waals surface area (Å²) < 4.78 is 11.4. The standard InChI is InChI=1S/C28H26N2O5/c1-16-6-8-21(17(2)10-16)24-15-35-27-14-26(34-5)22(13-23(24)27)18(3)12-28(31)29-25-9-7-20(30(32)33)11-19(25)4/h6-15H,1-5H3,(H,29,31)/b18-12+. The van der Waals surface area contributed by atoms with Gasteiger partial charge in [0.15, 0.2) is 0 Å². The highest BCUT2D eigenvalue weighted by atomic mass is 16.6. The van der Waals surface area contributed by atoms with E-state index in [0.29, 0.717) is 28.2 Å². The first kappa shape index (κ1) is 23.8. The molecule has 1 heterocycles. The number of benzene rings is 3. The molecule has 4 rings (SSSR count). The number of allylic oxidation sites excluding steroid dienone is 1. The number of ether oxygens (including phenoxy) is 1. The zero-order chi connectivity index (χ0) is 25.3. The lowest BCUT2D eigenvalue weighted by Crippen LogP contribution is -2.10. The normalized spacial score (nSPS) is 11.5. The minimum atomic E-state index is -0.465. The molecule has 178 valence electrons. The number of nitro groups is 1. The van der Waals surface area contributed by atoms with Crippen LogP contribution in [0.1, 0.15) is 29.2 Å². The number of aryl methyl sites for hydroxylation is 3. The molecule has 3 aromatic carbocycles. The highest BCUT2D eigenvalue weighted by Gasteiger charge is 2.16. The second kappa shape index (κ2) is 9.46. The van der Waals surface area contributed by atoms with E-state index in [1.807, 2.05) is 19.1 Å². The van der Waals surface area contributed by atoms with E-state index < -0.39 is 4.92 Å². The van der Waals surface area contributed by atoms with Crippen molar-refractivity contribution in [2.45, 2.75) is 27.7 Å². The van der Waals surface area contributed by atoms with Crippen LogP contribution in [-0.2, 0) is 4.79 Å². The lowest BCUT2D eigenvalue weighted by atomic mass is 9.96. The van der Waals surface area contributed by atoms with Crippen molar-refractivity contribution in [1.29, 1.82) is 0 Å². The molecule has 0 spiro atoms. The fraction of sp³-hybridized carbons (Fsp3) is 0.179. The van der Waals surface area contributed by atoms with E-state index in [9.17, 15) is 14.9 Å². The molecule has 0 bridgehead atoms. The van der Waals surface area contributed by atoms with Crippen LogP contribution in [0.25, 0.3) is 27.7 Å². The van der Waals surface area contributed by atoms with Gasteiger partial charge in [-0.15, -0.1) is 0 Å². The van der Waals surface area contributed by atoms with E-state index in [1.54, 1.807) is 20.3 Å². The molecule has 0 saturated carbocycles. The molecule has 7 nitrogen and oxygen atoms in total. The van der Waals surface area contributed by atoms with Crippen LogP contribution in [0.5, 0.6) is 5.75 Å². The molecule has 0 saturated heterocycles. The Morgan fingerprint density at radius 3 is 2.46 bits per heavy atom. The molecule has 0 atom stereocenters. The topological polar surface area (TPSA) is 94.6 Å². The van der Waals surface area contributed by atoms with Crippen LogP contribution in [-0.4, -0.2) is 17.9 Å². The van der Waals surface area contributed by atoms with Gasteiger partial charge in [-0.05, 0) is 62.1 Å². The van der Waals surface area contributed by atoms with Crippen LogP contribution in [0, 0.1) is 30.9 Å². The number of rotatable bonds is 6. The molecule has 0 radical (unpaired) electrons. The summed E-state index contributed by atoms with van der Waals surface area (Å²) in [4.78, 5) is 23.3. The summed E-state index contributed by atoms with van der Waals surface area (Å²) in [6.07, 6.45) is 3.23. The summed E-state index contributed by atoms with van der Waals surface area (Å²) in [5.41, 5.74) is 7.65. The first-order valence-electron chi connectivity index (χ1n) is 11.1. The number of non-ortho nitro benzene ring substituents is 1. The van der Waals surface area contributed by atoms with E-state index in [4.69, 9.17) is 9.15 Å². The number of anilines is 1. The van der Waals surface area contributed by atoms with Gasteiger partial charge >= 0.3 is 0 Å². The van der Waals surface area contributed by atoms with Crippen molar-refractivity contribution in [2.75, 3.05) is 12.4 Å². The zero-order valence-corrected chi connectivity index (χ0v) is 20.3. The van der Waals surface area contributed by atoms with Crippen molar-refractivity contribution in [1.82, 2.24) is 0 Å². The number of nitro benzene ring substituents is 1. The molecular formula is C28H26N2O5. The number of nitrogens with zero attached hydrogens (tertiary/aromatic N) is 1. The number of nitrogens with one attached hydrogen (secondary N) is 1. The summed E-state index contributed by atoms with van der Waals surface area (Å²) in [6.45, 7) is 7.68. The Labute approximate surface area is 203 Å². The summed E-state index contributed by atoms with van der Waals surface area (Å²) in [5, 5.41) is 14.7. The van der Waals surface area contributed by atoms with Crippen LogP contribution in [0.3, 0.4) is 0 Å². The fourth-order valence-corrected chi connectivity index (χ4v) is 4.20. The number of fused-ring (bicyclic) bond motifs is 1. The number of methoxy groups -OCH3 is 1. The summed E-state index contributed by atoms with van der Waals surface area (Å²) in [5.74, 6) is 0.246. The van der Waals surface area contributed by atoms with Crippen molar-refractivity contribution in [3.05, 3.63) is 93.2 Å². The minimum absolute atomic E-state index is 0.0232. The van der Waals surface area contributed by atoms with Gasteiger partial charge in [-0.3, -0.25) is 14.9 Å². The van der Waals surface area contributed by atoms with Crippen molar-refractivity contribution in [3.8, 4) is 16.9 Å². The maximum atomic E-state index is 12.8. The highest BCUT2D eigenvalue weighted by molar-refractivity contribution is 6.05. The molecule has 0 aliphatic carbocycles. The first-order chi connectivity index (χ1) is 16.7. The van der Waals surface area contributed by atoms with Crippen LogP contribution < -0.4 is 10.1 Å². The van der Waals surface area contributed by atoms with Gasteiger partial charge < -0.3 is 14.5 Å². The van der Waals surface area contributed by atoms with Gasteiger partial charge in [-0.25, -0.2) is 0 Å². The zero-order valence-electron chi connectivity index (χ0n) is 20.3. The van der Waals surface area contributed by atoms with Gasteiger partial charge in [-0.1, -0.05) is 23.8 Å². The molecule has 0 unspecified atom stereocenters. The Morgan fingerprint density at radius 2 is 1.80 bits per heavy atom. The molecule has 35 heavy (non-hydrogen) atoms. The average molecular weight is 471 g/mol. The van der Waals surface area contributed by atoms with E-state index in [0.717, 1.165) is 27.6 Å². The van der Waals surface area contributed by atoms with Crippen molar-refractivity contribution >= 4 is 33.8 Å². The Balaban J connectivity index is 1.70.